The van der Waals surface area contributed by atoms with E-state index in [9.17, 15) is 14.4 Å². The molecular formula is C25H36N2O5. The van der Waals surface area contributed by atoms with Gasteiger partial charge in [0, 0.05) is 0 Å². The molecule has 4 amide bonds. The van der Waals surface area contributed by atoms with E-state index in [0.29, 0.717) is 23.7 Å². The molecule has 0 atom stereocenters. The maximum absolute atomic E-state index is 11.9. The first-order chi connectivity index (χ1) is 15.5. The number of amides is 4. The highest BCUT2D eigenvalue weighted by molar-refractivity contribution is 6.31. The predicted octanol–water partition coefficient (Wildman–Crippen LogP) is 4.91. The average molecular weight is 445 g/mol. The summed E-state index contributed by atoms with van der Waals surface area (Å²) in [5.74, 6) is 0.649. The Morgan fingerprint density at radius 1 is 1.00 bits per heavy atom. The fraction of sp³-hybridized carbons (Fsp3) is 0.560. The lowest BCUT2D eigenvalue weighted by Crippen LogP contribution is -2.51. The summed E-state index contributed by atoms with van der Waals surface area (Å²) in [5.41, 5.74) is 1.33. The van der Waals surface area contributed by atoms with Crippen molar-refractivity contribution in [1.82, 2.24) is 10.6 Å². The Hall–Kier alpha value is -2.83. The minimum absolute atomic E-state index is 0.132. The van der Waals surface area contributed by atoms with Crippen molar-refractivity contribution >= 4 is 23.9 Å². The van der Waals surface area contributed by atoms with Crippen molar-refractivity contribution in [2.45, 2.75) is 72.1 Å². The monoisotopic (exact) mass is 444 g/mol. The molecule has 1 heterocycles. The SMILES string of the molecule is CC.COc1cc(C=C2C(=O)NC(=O)NC2=O)cc(C)c1OCCCCC1CCCCC1. The standard InChI is InChI=1S/C23H30N2O5.C2H6/c1-15-12-17(13-18-21(26)24-23(28)25-22(18)27)14-19(29-2)20(15)30-11-7-6-10-16-8-4-3-5-9-16;1-2/h12-14,16H,3-11H2,1-2H3,(H2,24,25,26,27,28);1-2H3. The van der Waals surface area contributed by atoms with Crippen LogP contribution in [-0.4, -0.2) is 31.6 Å². The number of nitrogens with one attached hydrogen (secondary N) is 2. The van der Waals surface area contributed by atoms with E-state index in [1.807, 2.05) is 26.8 Å². The van der Waals surface area contributed by atoms with Gasteiger partial charge in [0.05, 0.1) is 13.7 Å². The van der Waals surface area contributed by atoms with E-state index in [1.165, 1.54) is 51.0 Å². The second-order valence-corrected chi connectivity index (χ2v) is 8.01. The first-order valence-corrected chi connectivity index (χ1v) is 11.7. The molecule has 7 nitrogen and oxygen atoms in total. The maximum Gasteiger partial charge on any atom is 0.328 e. The van der Waals surface area contributed by atoms with E-state index in [-0.39, 0.29) is 5.57 Å². The van der Waals surface area contributed by atoms with Gasteiger partial charge in [0.15, 0.2) is 11.5 Å². The highest BCUT2D eigenvalue weighted by Crippen LogP contribution is 2.34. The Balaban J connectivity index is 0.00000176. The summed E-state index contributed by atoms with van der Waals surface area (Å²) < 4.78 is 11.5. The molecule has 2 N–H and O–H groups in total. The first kappa shape index (κ1) is 25.4. The summed E-state index contributed by atoms with van der Waals surface area (Å²) in [4.78, 5) is 35.0. The summed E-state index contributed by atoms with van der Waals surface area (Å²) in [5, 5.41) is 4.13. The van der Waals surface area contributed by atoms with Crippen molar-refractivity contribution in [1.29, 1.82) is 0 Å². The van der Waals surface area contributed by atoms with Crippen LogP contribution in [-0.2, 0) is 9.59 Å². The van der Waals surface area contributed by atoms with Crippen LogP contribution in [0.3, 0.4) is 0 Å². The number of barbiturate groups is 1. The van der Waals surface area contributed by atoms with Gasteiger partial charge in [-0.15, -0.1) is 0 Å². The minimum Gasteiger partial charge on any atom is -0.493 e. The van der Waals surface area contributed by atoms with Crippen LogP contribution >= 0.6 is 0 Å². The molecule has 2 fully saturated rings. The van der Waals surface area contributed by atoms with Crippen molar-refractivity contribution in [2.75, 3.05) is 13.7 Å². The number of aryl methyl sites for hydroxylation is 1. The van der Waals surface area contributed by atoms with Gasteiger partial charge < -0.3 is 9.47 Å². The lowest BCUT2D eigenvalue weighted by Gasteiger charge is -2.21. The number of urea groups is 1. The Bertz CT molecular complexity index is 819. The minimum atomic E-state index is -0.817. The molecule has 0 unspecified atom stereocenters. The average Bonchev–Trinajstić information content (AvgIpc) is 2.79. The van der Waals surface area contributed by atoms with Gasteiger partial charge >= 0.3 is 6.03 Å². The van der Waals surface area contributed by atoms with Crippen molar-refractivity contribution in [2.24, 2.45) is 5.92 Å². The zero-order valence-electron chi connectivity index (χ0n) is 19.7. The topological polar surface area (TPSA) is 93.7 Å². The number of ether oxygens (including phenoxy) is 2. The lowest BCUT2D eigenvalue weighted by molar-refractivity contribution is -0.123. The van der Waals surface area contributed by atoms with Gasteiger partial charge in [0.1, 0.15) is 5.57 Å². The summed E-state index contributed by atoms with van der Waals surface area (Å²) in [7, 11) is 1.56. The van der Waals surface area contributed by atoms with Crippen LogP contribution in [0.1, 0.15) is 76.3 Å². The number of rotatable bonds is 8. The molecule has 1 aliphatic carbocycles. The zero-order valence-corrected chi connectivity index (χ0v) is 19.7. The van der Waals surface area contributed by atoms with Crippen LogP contribution in [0.2, 0.25) is 0 Å². The van der Waals surface area contributed by atoms with E-state index < -0.39 is 17.8 Å². The molecule has 1 aliphatic heterocycles. The van der Waals surface area contributed by atoms with Crippen molar-refractivity contribution in [3.63, 3.8) is 0 Å². The molecule has 1 saturated carbocycles. The van der Waals surface area contributed by atoms with Crippen molar-refractivity contribution < 1.29 is 23.9 Å². The fourth-order valence-corrected chi connectivity index (χ4v) is 4.15. The van der Waals surface area contributed by atoms with Gasteiger partial charge in [0.25, 0.3) is 11.8 Å². The van der Waals surface area contributed by atoms with Gasteiger partial charge in [-0.3, -0.25) is 20.2 Å². The quantitative estimate of drug-likeness (QED) is 0.338. The van der Waals surface area contributed by atoms with Gasteiger partial charge in [-0.2, -0.15) is 0 Å². The molecule has 1 saturated heterocycles. The largest absolute Gasteiger partial charge is 0.493 e. The number of unbranched alkanes of at least 4 members (excludes halogenated alkanes) is 1. The van der Waals surface area contributed by atoms with Crippen LogP contribution < -0.4 is 20.1 Å². The molecule has 2 aliphatic rings. The fourth-order valence-electron chi connectivity index (χ4n) is 4.15. The third-order valence-electron chi connectivity index (χ3n) is 5.72. The number of carbonyl (C=O) groups excluding carboxylic acids is 3. The summed E-state index contributed by atoms with van der Waals surface area (Å²) >= 11 is 0. The van der Waals surface area contributed by atoms with Gasteiger partial charge in [-0.05, 0) is 55.0 Å². The van der Waals surface area contributed by atoms with Crippen LogP contribution in [0.5, 0.6) is 11.5 Å². The second kappa shape index (κ2) is 12.9. The molecular weight excluding hydrogens is 408 g/mol. The van der Waals surface area contributed by atoms with Crippen LogP contribution in [0.4, 0.5) is 4.79 Å². The third-order valence-corrected chi connectivity index (χ3v) is 5.72. The number of benzene rings is 1. The molecule has 176 valence electrons. The van der Waals surface area contributed by atoms with Crippen LogP contribution in [0.25, 0.3) is 6.08 Å². The molecule has 7 heteroatoms. The number of imide groups is 2. The molecule has 1 aromatic rings. The maximum atomic E-state index is 11.9. The normalized spacial score (nSPS) is 16.5. The molecule has 3 rings (SSSR count). The smallest absolute Gasteiger partial charge is 0.328 e. The Kier molecular flexibility index (Phi) is 10.2. The second-order valence-electron chi connectivity index (χ2n) is 8.01. The first-order valence-electron chi connectivity index (χ1n) is 11.7. The van der Waals surface area contributed by atoms with E-state index in [4.69, 9.17) is 9.47 Å². The highest BCUT2D eigenvalue weighted by Gasteiger charge is 2.27. The number of carbonyl (C=O) groups is 3. The Morgan fingerprint density at radius 2 is 1.66 bits per heavy atom. The molecule has 1 aromatic carbocycles. The number of hydrogen-bond donors (Lipinski definition) is 2. The van der Waals surface area contributed by atoms with Gasteiger partial charge in [0.2, 0.25) is 0 Å². The molecule has 32 heavy (non-hydrogen) atoms. The van der Waals surface area contributed by atoms with Gasteiger partial charge in [-0.25, -0.2) is 4.79 Å². The van der Waals surface area contributed by atoms with E-state index in [2.05, 4.69) is 10.6 Å². The molecule has 0 spiro atoms. The number of hydrogen-bond acceptors (Lipinski definition) is 5. The van der Waals surface area contributed by atoms with E-state index >= 15 is 0 Å². The molecule has 0 radical (unpaired) electrons. The van der Waals surface area contributed by atoms with Crippen LogP contribution in [0, 0.1) is 12.8 Å². The Labute approximate surface area is 190 Å². The summed E-state index contributed by atoms with van der Waals surface area (Å²) in [6.07, 6.45) is 11.7. The summed E-state index contributed by atoms with van der Waals surface area (Å²) in [6.45, 7) is 6.52. The van der Waals surface area contributed by atoms with E-state index in [1.54, 1.807) is 13.2 Å². The number of methoxy groups -OCH3 is 1. The molecule has 0 bridgehead atoms. The highest BCUT2D eigenvalue weighted by atomic mass is 16.5. The predicted molar refractivity (Wildman–Crippen MR) is 125 cm³/mol. The van der Waals surface area contributed by atoms with Crippen molar-refractivity contribution in [3.8, 4) is 11.5 Å². The van der Waals surface area contributed by atoms with Crippen molar-refractivity contribution in [3.05, 3.63) is 28.8 Å². The zero-order chi connectivity index (χ0) is 23.5. The van der Waals surface area contributed by atoms with Crippen LogP contribution in [0.15, 0.2) is 17.7 Å². The van der Waals surface area contributed by atoms with E-state index in [0.717, 1.165) is 17.9 Å². The Morgan fingerprint density at radius 3 is 2.28 bits per heavy atom. The summed E-state index contributed by atoms with van der Waals surface area (Å²) in [6, 6.07) is 2.72. The third kappa shape index (κ3) is 7.11. The lowest BCUT2D eigenvalue weighted by atomic mass is 9.86. The molecule has 0 aromatic heterocycles. The van der Waals surface area contributed by atoms with Gasteiger partial charge in [-0.1, -0.05) is 52.4 Å².